The minimum atomic E-state index is 0. The number of guanidine groups is 1. The molecule has 1 saturated heterocycles. The van der Waals surface area contributed by atoms with E-state index >= 15 is 0 Å². The zero-order chi connectivity index (χ0) is 15.2. The first-order chi connectivity index (χ1) is 10.7. The van der Waals surface area contributed by atoms with Gasteiger partial charge in [0.15, 0.2) is 5.96 Å². The van der Waals surface area contributed by atoms with Gasteiger partial charge < -0.3 is 15.4 Å². The van der Waals surface area contributed by atoms with Crippen LogP contribution in [0.25, 0.3) is 0 Å². The monoisotopic (exact) mass is 433 g/mol. The summed E-state index contributed by atoms with van der Waals surface area (Å²) in [7, 11) is 1.91. The average Bonchev–Trinajstić information content (AvgIpc) is 2.89. The van der Waals surface area contributed by atoms with Gasteiger partial charge in [-0.25, -0.2) is 0 Å². The van der Waals surface area contributed by atoms with Crippen LogP contribution < -0.4 is 10.6 Å². The summed E-state index contributed by atoms with van der Waals surface area (Å²) in [4.78, 5) is 4.51. The van der Waals surface area contributed by atoms with Crippen molar-refractivity contribution < 1.29 is 4.74 Å². The van der Waals surface area contributed by atoms with E-state index in [0.29, 0.717) is 29.5 Å². The van der Waals surface area contributed by atoms with Crippen LogP contribution >= 0.6 is 24.0 Å². The zero-order valence-corrected chi connectivity index (χ0v) is 16.8. The maximum Gasteiger partial charge on any atom is 0.191 e. The third kappa shape index (κ3) is 3.00. The number of rotatable bonds is 2. The van der Waals surface area contributed by atoms with Gasteiger partial charge in [-0.1, -0.05) is 13.3 Å². The third-order valence-corrected chi connectivity index (χ3v) is 6.91. The van der Waals surface area contributed by atoms with Gasteiger partial charge in [-0.15, -0.1) is 24.0 Å². The van der Waals surface area contributed by atoms with E-state index in [0.717, 1.165) is 18.5 Å². The van der Waals surface area contributed by atoms with Gasteiger partial charge in [0.2, 0.25) is 0 Å². The SMILES string of the molecule is CN=C(NC1CCC(C)CC1)NC1C2CCOC2C12CCC2.I. The first-order valence-corrected chi connectivity index (χ1v) is 9.34. The minimum absolute atomic E-state index is 0. The predicted molar refractivity (Wildman–Crippen MR) is 104 cm³/mol. The van der Waals surface area contributed by atoms with Gasteiger partial charge in [0.25, 0.3) is 0 Å². The summed E-state index contributed by atoms with van der Waals surface area (Å²) >= 11 is 0. The Bertz CT molecular complexity index is 444. The molecule has 3 unspecified atom stereocenters. The highest BCUT2D eigenvalue weighted by Gasteiger charge is 2.66. The molecule has 4 aliphatic rings. The standard InChI is InChI=1S/C18H31N3O.HI/c1-12-4-6-13(7-5-12)20-17(19-2)21-15-14-8-11-22-16(14)18(15)9-3-10-18;/h12-16H,3-11H2,1-2H3,(H2,19,20,21);1H. The highest BCUT2D eigenvalue weighted by atomic mass is 127. The van der Waals surface area contributed by atoms with Crippen LogP contribution in [0.5, 0.6) is 0 Å². The summed E-state index contributed by atoms with van der Waals surface area (Å²) in [5.41, 5.74) is 0.430. The lowest BCUT2D eigenvalue weighted by Crippen LogP contribution is -2.72. The number of halogens is 1. The lowest BCUT2D eigenvalue weighted by molar-refractivity contribution is -0.171. The molecule has 2 N–H and O–H groups in total. The van der Waals surface area contributed by atoms with E-state index in [1.54, 1.807) is 0 Å². The van der Waals surface area contributed by atoms with Gasteiger partial charge in [0.1, 0.15) is 0 Å². The molecule has 132 valence electrons. The van der Waals surface area contributed by atoms with Crippen molar-refractivity contribution in [3.8, 4) is 0 Å². The molecule has 3 atom stereocenters. The van der Waals surface area contributed by atoms with Crippen LogP contribution in [0.1, 0.15) is 58.3 Å². The Morgan fingerprint density at radius 1 is 1.09 bits per heavy atom. The molecule has 1 aliphatic heterocycles. The highest BCUT2D eigenvalue weighted by Crippen LogP contribution is 2.62. The van der Waals surface area contributed by atoms with Crippen molar-refractivity contribution in [3.63, 3.8) is 0 Å². The summed E-state index contributed by atoms with van der Waals surface area (Å²) in [5.74, 6) is 2.64. The van der Waals surface area contributed by atoms with E-state index < -0.39 is 0 Å². The van der Waals surface area contributed by atoms with Crippen LogP contribution in [0.3, 0.4) is 0 Å². The van der Waals surface area contributed by atoms with E-state index in [9.17, 15) is 0 Å². The van der Waals surface area contributed by atoms with Gasteiger partial charge in [-0.3, -0.25) is 4.99 Å². The fraction of sp³-hybridized carbons (Fsp3) is 0.944. The Morgan fingerprint density at radius 3 is 2.43 bits per heavy atom. The van der Waals surface area contributed by atoms with Crippen molar-refractivity contribution in [1.82, 2.24) is 10.6 Å². The first-order valence-electron chi connectivity index (χ1n) is 9.34. The normalized spacial score (nSPS) is 41.3. The van der Waals surface area contributed by atoms with Crippen molar-refractivity contribution in [3.05, 3.63) is 0 Å². The van der Waals surface area contributed by atoms with E-state index in [-0.39, 0.29) is 24.0 Å². The second-order valence-corrected chi connectivity index (χ2v) is 8.13. The number of ether oxygens (including phenoxy) is 1. The molecule has 3 aliphatic carbocycles. The quantitative estimate of drug-likeness (QED) is 0.399. The number of nitrogens with zero attached hydrogens (tertiary/aromatic N) is 1. The second-order valence-electron chi connectivity index (χ2n) is 8.13. The molecule has 4 rings (SSSR count). The Kier molecular flexibility index (Phi) is 5.46. The van der Waals surface area contributed by atoms with E-state index in [1.807, 2.05) is 7.05 Å². The smallest absolute Gasteiger partial charge is 0.191 e. The maximum absolute atomic E-state index is 6.02. The molecule has 3 saturated carbocycles. The maximum atomic E-state index is 6.02. The lowest BCUT2D eigenvalue weighted by atomic mass is 9.46. The van der Waals surface area contributed by atoms with Crippen LogP contribution in [-0.4, -0.2) is 37.8 Å². The van der Waals surface area contributed by atoms with Crippen LogP contribution in [0, 0.1) is 17.3 Å². The molecule has 0 aromatic rings. The van der Waals surface area contributed by atoms with Crippen molar-refractivity contribution in [2.75, 3.05) is 13.7 Å². The summed E-state index contributed by atoms with van der Waals surface area (Å²) in [6.45, 7) is 3.33. The van der Waals surface area contributed by atoms with Crippen LogP contribution in [-0.2, 0) is 4.74 Å². The topological polar surface area (TPSA) is 45.7 Å². The number of fused-ring (bicyclic) bond motifs is 2. The van der Waals surface area contributed by atoms with Crippen LogP contribution in [0.4, 0.5) is 0 Å². The van der Waals surface area contributed by atoms with E-state index in [2.05, 4.69) is 22.5 Å². The largest absolute Gasteiger partial charge is 0.377 e. The number of nitrogens with one attached hydrogen (secondary N) is 2. The van der Waals surface area contributed by atoms with Gasteiger partial charge in [-0.05, 0) is 50.9 Å². The molecule has 0 bridgehead atoms. The van der Waals surface area contributed by atoms with Crippen molar-refractivity contribution in [1.29, 1.82) is 0 Å². The molecule has 1 spiro atoms. The van der Waals surface area contributed by atoms with Crippen molar-refractivity contribution in [2.24, 2.45) is 22.2 Å². The fourth-order valence-corrected chi connectivity index (χ4v) is 5.37. The second kappa shape index (κ2) is 7.06. The number of hydrogen-bond acceptors (Lipinski definition) is 2. The van der Waals surface area contributed by atoms with Crippen LogP contribution in [0.2, 0.25) is 0 Å². The molecule has 1 heterocycles. The molecule has 4 nitrogen and oxygen atoms in total. The minimum Gasteiger partial charge on any atom is -0.377 e. The highest BCUT2D eigenvalue weighted by molar-refractivity contribution is 14.0. The number of aliphatic imine (C=N–C) groups is 1. The Morgan fingerprint density at radius 2 is 1.83 bits per heavy atom. The molecular weight excluding hydrogens is 401 g/mol. The van der Waals surface area contributed by atoms with Gasteiger partial charge in [0, 0.05) is 37.1 Å². The molecular formula is C18H32IN3O. The fourth-order valence-electron chi connectivity index (χ4n) is 5.37. The molecule has 0 amide bonds. The van der Waals surface area contributed by atoms with Gasteiger partial charge in [0.05, 0.1) is 6.10 Å². The average molecular weight is 433 g/mol. The lowest BCUT2D eigenvalue weighted by Gasteiger charge is -2.63. The molecule has 4 fully saturated rings. The zero-order valence-electron chi connectivity index (χ0n) is 14.5. The predicted octanol–water partition coefficient (Wildman–Crippen LogP) is 3.31. The van der Waals surface area contributed by atoms with E-state index in [4.69, 9.17) is 4.74 Å². The summed E-state index contributed by atoms with van der Waals surface area (Å²) in [6, 6.07) is 1.19. The Labute approximate surface area is 157 Å². The summed E-state index contributed by atoms with van der Waals surface area (Å²) < 4.78 is 6.02. The molecule has 5 heteroatoms. The molecule has 0 aromatic heterocycles. The third-order valence-electron chi connectivity index (χ3n) is 6.91. The summed E-state index contributed by atoms with van der Waals surface area (Å²) in [6.07, 6.45) is 11.1. The van der Waals surface area contributed by atoms with E-state index in [1.165, 1.54) is 51.4 Å². The Hall–Kier alpha value is -0.0400. The van der Waals surface area contributed by atoms with Crippen molar-refractivity contribution >= 4 is 29.9 Å². The molecule has 23 heavy (non-hydrogen) atoms. The first kappa shape index (κ1) is 17.8. The van der Waals surface area contributed by atoms with Gasteiger partial charge in [-0.2, -0.15) is 0 Å². The van der Waals surface area contributed by atoms with Crippen molar-refractivity contribution in [2.45, 2.75) is 76.5 Å². The van der Waals surface area contributed by atoms with Crippen LogP contribution in [0.15, 0.2) is 4.99 Å². The van der Waals surface area contributed by atoms with Gasteiger partial charge >= 0.3 is 0 Å². The Balaban J connectivity index is 0.00000156. The molecule has 0 aromatic carbocycles. The molecule has 0 radical (unpaired) electrons. The number of hydrogen-bond donors (Lipinski definition) is 2. The summed E-state index contributed by atoms with van der Waals surface area (Å²) in [5, 5.41) is 7.47.